The number of para-hydroxylation sites is 1. The van der Waals surface area contributed by atoms with Crippen LogP contribution in [0.3, 0.4) is 0 Å². The minimum atomic E-state index is -0.176. The lowest BCUT2D eigenvalue weighted by Crippen LogP contribution is -2.21. The molecule has 0 saturated carbocycles. The van der Waals surface area contributed by atoms with E-state index < -0.39 is 0 Å². The fourth-order valence-electron chi connectivity index (χ4n) is 2.81. The van der Waals surface area contributed by atoms with Gasteiger partial charge in [0.05, 0.1) is 22.0 Å². The molecule has 0 fully saturated rings. The van der Waals surface area contributed by atoms with Crippen molar-refractivity contribution in [3.63, 3.8) is 0 Å². The van der Waals surface area contributed by atoms with Gasteiger partial charge in [-0.3, -0.25) is 4.79 Å². The van der Waals surface area contributed by atoms with Crippen molar-refractivity contribution in [2.24, 2.45) is 5.10 Å². The summed E-state index contributed by atoms with van der Waals surface area (Å²) >= 11 is 6.22. The number of benzene rings is 2. The average Bonchev–Trinajstić information content (AvgIpc) is 3.23. The Kier molecular flexibility index (Phi) is 4.19. The lowest BCUT2D eigenvalue weighted by atomic mass is 10.1. The van der Waals surface area contributed by atoms with Crippen molar-refractivity contribution in [3.8, 4) is 11.3 Å². The third kappa shape index (κ3) is 2.95. The van der Waals surface area contributed by atoms with Crippen LogP contribution in [0.5, 0.6) is 0 Å². The van der Waals surface area contributed by atoms with Gasteiger partial charge in [-0.25, -0.2) is 0 Å². The summed E-state index contributed by atoms with van der Waals surface area (Å²) in [5.41, 5.74) is 2.70. The number of furan rings is 1. The molecule has 5 heteroatoms. The fraction of sp³-hybridized carbons (Fsp3) is 0.0476. The maximum atomic E-state index is 12.7. The fourth-order valence-corrected chi connectivity index (χ4v) is 3.04. The van der Waals surface area contributed by atoms with Crippen LogP contribution in [0, 0.1) is 0 Å². The smallest absolute Gasteiger partial charge is 0.280 e. The number of rotatable bonds is 3. The predicted octanol–water partition coefficient (Wildman–Crippen LogP) is 5.41. The Morgan fingerprint density at radius 1 is 1.00 bits per heavy atom. The molecule has 0 bridgehead atoms. The Hall–Kier alpha value is -3.11. The second-order valence-electron chi connectivity index (χ2n) is 5.88. The molecule has 1 amide bonds. The SMILES string of the molecule is CC1=NN(c2ccccc2)C(=O)/C1=C/c1ccc(-c2ccccc2Cl)o1. The molecule has 2 heterocycles. The van der Waals surface area contributed by atoms with Crippen molar-refractivity contribution >= 4 is 35.0 Å². The zero-order valence-electron chi connectivity index (χ0n) is 14.0. The van der Waals surface area contributed by atoms with E-state index in [9.17, 15) is 4.79 Å². The average molecular weight is 363 g/mol. The van der Waals surface area contributed by atoms with Crippen LogP contribution in [0.4, 0.5) is 5.69 Å². The first kappa shape index (κ1) is 16.4. The number of hydrogen-bond donors (Lipinski definition) is 0. The van der Waals surface area contributed by atoms with Crippen LogP contribution < -0.4 is 5.01 Å². The van der Waals surface area contributed by atoms with Gasteiger partial charge < -0.3 is 4.42 Å². The van der Waals surface area contributed by atoms with E-state index in [2.05, 4.69) is 5.10 Å². The topological polar surface area (TPSA) is 45.8 Å². The predicted molar refractivity (Wildman–Crippen MR) is 104 cm³/mol. The molecule has 2 aromatic carbocycles. The van der Waals surface area contributed by atoms with Crippen LogP contribution in [-0.2, 0) is 4.79 Å². The van der Waals surface area contributed by atoms with E-state index in [0.29, 0.717) is 27.8 Å². The van der Waals surface area contributed by atoms with E-state index >= 15 is 0 Å². The van der Waals surface area contributed by atoms with Gasteiger partial charge in [0.25, 0.3) is 5.91 Å². The molecule has 3 aromatic rings. The number of carbonyl (C=O) groups excluding carboxylic acids is 1. The van der Waals surface area contributed by atoms with Gasteiger partial charge in [-0.1, -0.05) is 41.9 Å². The zero-order valence-corrected chi connectivity index (χ0v) is 14.8. The van der Waals surface area contributed by atoms with Crippen LogP contribution >= 0.6 is 11.6 Å². The highest BCUT2D eigenvalue weighted by molar-refractivity contribution is 6.33. The summed E-state index contributed by atoms with van der Waals surface area (Å²) in [6.07, 6.45) is 1.71. The Morgan fingerprint density at radius 2 is 1.73 bits per heavy atom. The number of amides is 1. The number of anilines is 1. The summed E-state index contributed by atoms with van der Waals surface area (Å²) in [4.78, 5) is 12.7. The number of nitrogens with zero attached hydrogens (tertiary/aromatic N) is 2. The molecule has 0 unspecified atom stereocenters. The van der Waals surface area contributed by atoms with E-state index in [0.717, 1.165) is 11.3 Å². The molecule has 1 aliphatic rings. The Balaban J connectivity index is 1.65. The quantitative estimate of drug-likeness (QED) is 0.585. The second kappa shape index (κ2) is 6.65. The van der Waals surface area contributed by atoms with Gasteiger partial charge in [0.2, 0.25) is 0 Å². The summed E-state index contributed by atoms with van der Waals surface area (Å²) < 4.78 is 5.86. The van der Waals surface area contributed by atoms with E-state index in [4.69, 9.17) is 16.0 Å². The molecule has 1 aliphatic heterocycles. The first-order valence-electron chi connectivity index (χ1n) is 8.15. The summed E-state index contributed by atoms with van der Waals surface area (Å²) in [5.74, 6) is 1.06. The lowest BCUT2D eigenvalue weighted by molar-refractivity contribution is -0.114. The molecule has 128 valence electrons. The third-order valence-electron chi connectivity index (χ3n) is 4.12. The monoisotopic (exact) mass is 362 g/mol. The Morgan fingerprint density at radius 3 is 2.50 bits per heavy atom. The molecular formula is C21H15ClN2O2. The molecule has 1 aromatic heterocycles. The second-order valence-corrected chi connectivity index (χ2v) is 6.28. The van der Waals surface area contributed by atoms with Crippen LogP contribution in [0.25, 0.3) is 17.4 Å². The van der Waals surface area contributed by atoms with E-state index in [-0.39, 0.29) is 5.91 Å². The molecule has 4 nitrogen and oxygen atoms in total. The van der Waals surface area contributed by atoms with Gasteiger partial charge in [-0.05, 0) is 49.4 Å². The van der Waals surface area contributed by atoms with Gasteiger partial charge in [0, 0.05) is 5.56 Å². The number of carbonyl (C=O) groups is 1. The van der Waals surface area contributed by atoms with Gasteiger partial charge in [0.15, 0.2) is 0 Å². The number of halogens is 1. The van der Waals surface area contributed by atoms with Crippen molar-refractivity contribution in [1.29, 1.82) is 0 Å². The molecule has 0 radical (unpaired) electrons. The highest BCUT2D eigenvalue weighted by Crippen LogP contribution is 2.30. The summed E-state index contributed by atoms with van der Waals surface area (Å²) in [5, 5.41) is 6.38. The minimum absolute atomic E-state index is 0.176. The Labute approximate surface area is 156 Å². The molecular weight excluding hydrogens is 348 g/mol. The molecule has 26 heavy (non-hydrogen) atoms. The van der Waals surface area contributed by atoms with Crippen molar-refractivity contribution in [2.75, 3.05) is 5.01 Å². The first-order chi connectivity index (χ1) is 12.6. The first-order valence-corrected chi connectivity index (χ1v) is 8.53. The highest BCUT2D eigenvalue weighted by Gasteiger charge is 2.28. The summed E-state index contributed by atoms with van der Waals surface area (Å²) in [6.45, 7) is 1.81. The molecule has 0 aliphatic carbocycles. The summed E-state index contributed by atoms with van der Waals surface area (Å²) in [7, 11) is 0. The third-order valence-corrected chi connectivity index (χ3v) is 4.45. The van der Waals surface area contributed by atoms with E-state index in [1.807, 2.05) is 73.7 Å². The van der Waals surface area contributed by atoms with Gasteiger partial charge in [-0.15, -0.1) is 0 Å². The molecule has 0 saturated heterocycles. The Bertz CT molecular complexity index is 1030. The maximum Gasteiger partial charge on any atom is 0.280 e. The summed E-state index contributed by atoms with van der Waals surface area (Å²) in [6, 6.07) is 20.5. The van der Waals surface area contributed by atoms with Gasteiger partial charge >= 0.3 is 0 Å². The molecule has 0 spiro atoms. The highest BCUT2D eigenvalue weighted by atomic mass is 35.5. The van der Waals surface area contributed by atoms with Crippen molar-refractivity contribution in [1.82, 2.24) is 0 Å². The zero-order chi connectivity index (χ0) is 18.1. The van der Waals surface area contributed by atoms with E-state index in [1.54, 1.807) is 6.08 Å². The normalized spacial score (nSPS) is 15.6. The largest absolute Gasteiger partial charge is 0.457 e. The number of hydrazone groups is 1. The van der Waals surface area contributed by atoms with Gasteiger partial charge in [-0.2, -0.15) is 10.1 Å². The van der Waals surface area contributed by atoms with Crippen molar-refractivity contribution < 1.29 is 9.21 Å². The van der Waals surface area contributed by atoms with Crippen molar-refractivity contribution in [2.45, 2.75) is 6.92 Å². The van der Waals surface area contributed by atoms with Crippen LogP contribution in [-0.4, -0.2) is 11.6 Å². The van der Waals surface area contributed by atoms with Crippen LogP contribution in [0.15, 0.2) is 81.8 Å². The van der Waals surface area contributed by atoms with Crippen molar-refractivity contribution in [3.05, 3.63) is 83.1 Å². The van der Waals surface area contributed by atoms with Crippen LogP contribution in [0.2, 0.25) is 5.02 Å². The maximum absolute atomic E-state index is 12.7. The van der Waals surface area contributed by atoms with E-state index in [1.165, 1.54) is 5.01 Å². The minimum Gasteiger partial charge on any atom is -0.457 e. The molecule has 0 atom stereocenters. The molecule has 0 N–H and O–H groups in total. The molecule has 4 rings (SSSR count). The standard InChI is InChI=1S/C21H15ClN2O2/c1-14-18(21(25)24(23-14)15-7-3-2-4-8-15)13-16-11-12-20(26-16)17-9-5-6-10-19(17)22/h2-13H,1H3/b18-13+. The number of hydrogen-bond acceptors (Lipinski definition) is 3. The lowest BCUT2D eigenvalue weighted by Gasteiger charge is -2.10. The van der Waals surface area contributed by atoms with Crippen LogP contribution in [0.1, 0.15) is 12.7 Å². The van der Waals surface area contributed by atoms with Gasteiger partial charge in [0.1, 0.15) is 11.5 Å².